The summed E-state index contributed by atoms with van der Waals surface area (Å²) in [5, 5.41) is 3.89. The van der Waals surface area contributed by atoms with Crippen LogP contribution in [0.2, 0.25) is 0 Å². The maximum Gasteiger partial charge on any atom is 0.338 e. The van der Waals surface area contributed by atoms with Gasteiger partial charge in [-0.15, -0.1) is 0 Å². The summed E-state index contributed by atoms with van der Waals surface area (Å²) in [5.74, 6) is 2.00. The van der Waals surface area contributed by atoms with Gasteiger partial charge in [-0.2, -0.15) is 0 Å². The van der Waals surface area contributed by atoms with Crippen LogP contribution in [0.5, 0.6) is 11.5 Å². The van der Waals surface area contributed by atoms with Gasteiger partial charge in [0.25, 0.3) is 0 Å². The van der Waals surface area contributed by atoms with Gasteiger partial charge >= 0.3 is 5.97 Å². The molecule has 0 radical (unpaired) electrons. The number of carbonyl (C=O) groups is 1. The Balaban J connectivity index is 1.65. The van der Waals surface area contributed by atoms with Gasteiger partial charge in [0.05, 0.1) is 44.3 Å². The summed E-state index contributed by atoms with van der Waals surface area (Å²) in [6.07, 6.45) is 1.74. The fraction of sp³-hybridized carbons (Fsp3) is 0.179. The first-order valence-corrected chi connectivity index (χ1v) is 12.0. The number of aromatic nitrogens is 1. The van der Waals surface area contributed by atoms with E-state index in [4.69, 9.17) is 30.8 Å². The molecule has 2 atom stereocenters. The molecule has 1 aliphatic rings. The fourth-order valence-corrected chi connectivity index (χ4v) is 4.87. The molecule has 5 rings (SSSR count). The van der Waals surface area contributed by atoms with Crippen molar-refractivity contribution in [3.8, 4) is 22.8 Å². The fourth-order valence-electron chi connectivity index (χ4n) is 4.53. The van der Waals surface area contributed by atoms with Crippen molar-refractivity contribution in [2.45, 2.75) is 12.1 Å². The van der Waals surface area contributed by atoms with Gasteiger partial charge in [0.1, 0.15) is 29.1 Å². The summed E-state index contributed by atoms with van der Waals surface area (Å²) in [4.78, 5) is 18.9. The van der Waals surface area contributed by atoms with Gasteiger partial charge in [0, 0.05) is 17.8 Å². The average molecular weight is 516 g/mol. The molecular weight excluding hydrogens is 490 g/mol. The molecule has 0 aliphatic carbocycles. The number of benzene rings is 2. The number of thiocarbonyl (C=S) groups is 1. The standard InChI is InChI=1S/C28H25N3O5S/c1-33-17-11-12-23(34-2)21(16-17)31-26(25(30-28(31)37)20-10-6-7-15-29-20)24-14-13-22(36-24)18-8-4-5-9-19(18)27(32)35-3/h4-16,25-26H,1-3H3,(H,30,37)/t25-,26+/m1/s1. The first-order valence-electron chi connectivity index (χ1n) is 11.6. The number of nitrogens with one attached hydrogen (secondary N) is 1. The van der Waals surface area contributed by atoms with Crippen molar-refractivity contribution in [2.24, 2.45) is 0 Å². The molecule has 1 aliphatic heterocycles. The smallest absolute Gasteiger partial charge is 0.338 e. The number of pyridine rings is 1. The molecule has 3 heterocycles. The second-order valence-electron chi connectivity index (χ2n) is 8.27. The van der Waals surface area contributed by atoms with Crippen LogP contribution in [-0.2, 0) is 4.74 Å². The number of anilines is 1. The molecule has 2 aromatic heterocycles. The number of hydrogen-bond acceptors (Lipinski definition) is 7. The summed E-state index contributed by atoms with van der Waals surface area (Å²) in [5.41, 5.74) is 2.57. The highest BCUT2D eigenvalue weighted by Crippen LogP contribution is 2.46. The van der Waals surface area contributed by atoms with Crippen LogP contribution in [0.4, 0.5) is 5.69 Å². The predicted octanol–water partition coefficient (Wildman–Crippen LogP) is 5.32. The monoisotopic (exact) mass is 515 g/mol. The van der Waals surface area contributed by atoms with Gasteiger partial charge in [0.15, 0.2) is 5.11 Å². The number of ether oxygens (including phenoxy) is 3. The van der Waals surface area contributed by atoms with Crippen LogP contribution < -0.4 is 19.7 Å². The van der Waals surface area contributed by atoms with Crippen molar-refractivity contribution in [3.05, 3.63) is 96.0 Å². The number of nitrogens with zero attached hydrogens (tertiary/aromatic N) is 2. The first kappa shape index (κ1) is 24.3. The summed E-state index contributed by atoms with van der Waals surface area (Å²) in [7, 11) is 4.57. The van der Waals surface area contributed by atoms with Crippen molar-refractivity contribution in [1.82, 2.24) is 10.3 Å². The summed E-state index contributed by atoms with van der Waals surface area (Å²) in [6.45, 7) is 0. The third-order valence-electron chi connectivity index (χ3n) is 6.26. The van der Waals surface area contributed by atoms with E-state index in [0.29, 0.717) is 39.3 Å². The molecule has 0 spiro atoms. The van der Waals surface area contributed by atoms with E-state index in [1.807, 2.05) is 65.6 Å². The van der Waals surface area contributed by atoms with Crippen molar-refractivity contribution in [1.29, 1.82) is 0 Å². The molecule has 4 aromatic rings. The topological polar surface area (TPSA) is 86.1 Å². The zero-order valence-corrected chi connectivity index (χ0v) is 21.3. The second kappa shape index (κ2) is 10.3. The Morgan fingerprint density at radius 3 is 2.54 bits per heavy atom. The largest absolute Gasteiger partial charge is 0.497 e. The lowest BCUT2D eigenvalue weighted by Gasteiger charge is -2.27. The van der Waals surface area contributed by atoms with Crippen LogP contribution in [0.25, 0.3) is 11.3 Å². The van der Waals surface area contributed by atoms with Gasteiger partial charge in [-0.05, 0) is 54.7 Å². The lowest BCUT2D eigenvalue weighted by atomic mass is 10.0. The highest BCUT2D eigenvalue weighted by atomic mass is 32.1. The molecular formula is C28H25N3O5S. The van der Waals surface area contributed by atoms with Crippen LogP contribution in [0.3, 0.4) is 0 Å². The van der Waals surface area contributed by atoms with Gasteiger partial charge in [-0.1, -0.05) is 24.3 Å². The maximum atomic E-state index is 12.4. The van der Waals surface area contributed by atoms with E-state index in [2.05, 4.69) is 10.3 Å². The van der Waals surface area contributed by atoms with Gasteiger partial charge in [-0.25, -0.2) is 4.79 Å². The number of rotatable bonds is 7. The van der Waals surface area contributed by atoms with Crippen LogP contribution in [0.1, 0.15) is 33.9 Å². The number of methoxy groups -OCH3 is 3. The SMILES string of the molecule is COC(=O)c1ccccc1-c1ccc([C@H]2[C@@H](c3ccccn3)NC(=S)N2c2cc(OC)ccc2OC)o1. The van der Waals surface area contributed by atoms with Crippen LogP contribution >= 0.6 is 12.2 Å². The number of carbonyl (C=O) groups excluding carboxylic acids is 1. The summed E-state index contributed by atoms with van der Waals surface area (Å²) in [6, 6.07) is 21.4. The minimum atomic E-state index is -0.439. The summed E-state index contributed by atoms with van der Waals surface area (Å²) >= 11 is 5.82. The zero-order valence-electron chi connectivity index (χ0n) is 20.5. The van der Waals surface area contributed by atoms with Crippen LogP contribution in [-0.4, -0.2) is 37.4 Å². The summed E-state index contributed by atoms with van der Waals surface area (Å²) < 4.78 is 22.5. The molecule has 0 saturated carbocycles. The molecule has 0 unspecified atom stereocenters. The lowest BCUT2D eigenvalue weighted by Crippen LogP contribution is -2.29. The zero-order chi connectivity index (χ0) is 25.9. The first-order chi connectivity index (χ1) is 18.0. The Kier molecular flexibility index (Phi) is 6.78. The average Bonchev–Trinajstić information content (AvgIpc) is 3.57. The van der Waals surface area contributed by atoms with E-state index in [0.717, 1.165) is 11.4 Å². The Hall–Kier alpha value is -4.37. The quantitative estimate of drug-likeness (QED) is 0.259. The van der Waals surface area contributed by atoms with Gasteiger partial charge < -0.3 is 28.8 Å². The molecule has 1 N–H and O–H groups in total. The highest BCUT2D eigenvalue weighted by molar-refractivity contribution is 7.80. The predicted molar refractivity (Wildman–Crippen MR) is 143 cm³/mol. The van der Waals surface area contributed by atoms with E-state index < -0.39 is 12.0 Å². The van der Waals surface area contributed by atoms with Crippen LogP contribution in [0, 0.1) is 0 Å². The normalized spacial score (nSPS) is 16.8. The Bertz CT molecular complexity index is 1440. The van der Waals surface area contributed by atoms with Crippen molar-refractivity contribution < 1.29 is 23.4 Å². The van der Waals surface area contributed by atoms with E-state index in [9.17, 15) is 4.79 Å². The van der Waals surface area contributed by atoms with Crippen molar-refractivity contribution >= 4 is 29.0 Å². The van der Waals surface area contributed by atoms with Crippen molar-refractivity contribution in [2.75, 3.05) is 26.2 Å². The Morgan fingerprint density at radius 1 is 1.00 bits per heavy atom. The highest BCUT2D eigenvalue weighted by Gasteiger charge is 2.43. The molecule has 1 fully saturated rings. The molecule has 2 aromatic carbocycles. The Labute approximate surface area is 219 Å². The number of furan rings is 1. The van der Waals surface area contributed by atoms with E-state index in [1.54, 1.807) is 32.5 Å². The molecule has 188 valence electrons. The van der Waals surface area contributed by atoms with E-state index in [1.165, 1.54) is 7.11 Å². The third kappa shape index (κ3) is 4.49. The van der Waals surface area contributed by atoms with Crippen LogP contribution in [0.15, 0.2) is 83.4 Å². The maximum absolute atomic E-state index is 12.4. The van der Waals surface area contributed by atoms with Crippen molar-refractivity contribution in [3.63, 3.8) is 0 Å². The molecule has 0 amide bonds. The third-order valence-corrected chi connectivity index (χ3v) is 6.57. The van der Waals surface area contributed by atoms with Gasteiger partial charge in [-0.3, -0.25) is 4.98 Å². The molecule has 8 nitrogen and oxygen atoms in total. The van der Waals surface area contributed by atoms with Gasteiger partial charge in [0.2, 0.25) is 0 Å². The number of hydrogen-bond donors (Lipinski definition) is 1. The molecule has 37 heavy (non-hydrogen) atoms. The molecule has 9 heteroatoms. The minimum absolute atomic E-state index is 0.320. The Morgan fingerprint density at radius 2 is 1.81 bits per heavy atom. The lowest BCUT2D eigenvalue weighted by molar-refractivity contribution is 0.0601. The minimum Gasteiger partial charge on any atom is -0.497 e. The second-order valence-corrected chi connectivity index (χ2v) is 8.66. The molecule has 1 saturated heterocycles. The van der Waals surface area contributed by atoms with E-state index >= 15 is 0 Å². The number of esters is 1. The molecule has 0 bridgehead atoms. The van der Waals surface area contributed by atoms with E-state index in [-0.39, 0.29) is 6.04 Å².